The molecule has 1 aliphatic rings. The number of ether oxygens (including phenoxy) is 1. The largest absolute Gasteiger partial charge is 0.461 e. The van der Waals surface area contributed by atoms with Crippen molar-refractivity contribution in [3.8, 4) is 6.07 Å². The van der Waals surface area contributed by atoms with E-state index >= 15 is 0 Å². The zero-order valence-corrected chi connectivity index (χ0v) is 16.3. The number of benzene rings is 2. The van der Waals surface area contributed by atoms with E-state index in [0.717, 1.165) is 5.56 Å². The first-order valence-electron chi connectivity index (χ1n) is 9.62. The van der Waals surface area contributed by atoms with Crippen molar-refractivity contribution in [1.29, 1.82) is 5.26 Å². The number of rotatable bonds is 7. The van der Waals surface area contributed by atoms with Crippen LogP contribution in [0.1, 0.15) is 24.0 Å². The highest BCUT2D eigenvalue weighted by Crippen LogP contribution is 2.22. The monoisotopic (exact) mass is 406 g/mol. The molecule has 2 N–H and O–H groups in total. The maximum Gasteiger partial charge on any atom is 0.315 e. The minimum atomic E-state index is -0.634. The summed E-state index contributed by atoms with van der Waals surface area (Å²) in [4.78, 5) is 37.9. The lowest BCUT2D eigenvalue weighted by Crippen LogP contribution is -2.46. The first kappa shape index (κ1) is 20.9. The zero-order chi connectivity index (χ0) is 21.3. The summed E-state index contributed by atoms with van der Waals surface area (Å²) in [6.07, 6.45) is 0.515. The molecule has 30 heavy (non-hydrogen) atoms. The third-order valence-corrected chi connectivity index (χ3v) is 4.68. The first-order valence-corrected chi connectivity index (χ1v) is 9.62. The molecule has 0 aliphatic carbocycles. The number of carbonyl (C=O) groups is 3. The van der Waals surface area contributed by atoms with Crippen molar-refractivity contribution < 1.29 is 19.1 Å². The number of nitrogens with one attached hydrogen (secondary N) is 2. The lowest BCUT2D eigenvalue weighted by atomic mass is 10.2. The number of hydrogen-bond donors (Lipinski definition) is 2. The fourth-order valence-corrected chi connectivity index (χ4v) is 3.08. The van der Waals surface area contributed by atoms with Crippen LogP contribution in [0.4, 0.5) is 10.5 Å². The van der Waals surface area contributed by atoms with E-state index in [-0.39, 0.29) is 25.5 Å². The standard InChI is InChI=1S/C22H22N4O4/c23-14-16-6-8-18(9-7-16)26-13-11-19(21(26)28)25-22(29)24-12-10-20(27)30-15-17-4-2-1-3-5-17/h1-9,19H,10-13,15H2,(H2,24,25,29). The highest BCUT2D eigenvalue weighted by molar-refractivity contribution is 6.01. The van der Waals surface area contributed by atoms with Crippen LogP contribution in [-0.4, -0.2) is 37.0 Å². The van der Waals surface area contributed by atoms with Crippen LogP contribution < -0.4 is 15.5 Å². The highest BCUT2D eigenvalue weighted by atomic mass is 16.5. The molecule has 0 spiro atoms. The fourth-order valence-electron chi connectivity index (χ4n) is 3.08. The van der Waals surface area contributed by atoms with E-state index in [2.05, 4.69) is 10.6 Å². The van der Waals surface area contributed by atoms with Crippen LogP contribution in [0.25, 0.3) is 0 Å². The Labute approximate surface area is 174 Å². The van der Waals surface area contributed by atoms with Crippen LogP contribution in [0.15, 0.2) is 54.6 Å². The van der Waals surface area contributed by atoms with Gasteiger partial charge in [0.05, 0.1) is 18.1 Å². The van der Waals surface area contributed by atoms with Crippen molar-refractivity contribution in [2.75, 3.05) is 18.0 Å². The minimum absolute atomic E-state index is 0.0379. The zero-order valence-electron chi connectivity index (χ0n) is 16.3. The average Bonchev–Trinajstić information content (AvgIpc) is 3.13. The van der Waals surface area contributed by atoms with Gasteiger partial charge in [0.15, 0.2) is 0 Å². The van der Waals surface area contributed by atoms with Gasteiger partial charge < -0.3 is 20.3 Å². The molecule has 1 saturated heterocycles. The second kappa shape index (κ2) is 10.1. The quantitative estimate of drug-likeness (QED) is 0.684. The van der Waals surface area contributed by atoms with Crippen LogP contribution in [0, 0.1) is 11.3 Å². The molecular weight excluding hydrogens is 384 g/mol. The predicted molar refractivity (Wildman–Crippen MR) is 109 cm³/mol. The smallest absolute Gasteiger partial charge is 0.315 e. The van der Waals surface area contributed by atoms with E-state index < -0.39 is 18.0 Å². The number of anilines is 1. The van der Waals surface area contributed by atoms with E-state index in [0.29, 0.717) is 24.2 Å². The van der Waals surface area contributed by atoms with Crippen LogP contribution >= 0.6 is 0 Å². The topological polar surface area (TPSA) is 112 Å². The molecule has 8 heteroatoms. The molecule has 0 saturated carbocycles. The molecule has 3 amide bonds. The highest BCUT2D eigenvalue weighted by Gasteiger charge is 2.33. The van der Waals surface area contributed by atoms with Crippen molar-refractivity contribution in [2.24, 2.45) is 0 Å². The number of esters is 1. The van der Waals surface area contributed by atoms with Crippen molar-refractivity contribution in [1.82, 2.24) is 10.6 Å². The number of hydrogen-bond acceptors (Lipinski definition) is 5. The Morgan fingerprint density at radius 2 is 1.87 bits per heavy atom. The Hall–Kier alpha value is -3.86. The fraction of sp³-hybridized carbons (Fsp3) is 0.273. The van der Waals surface area contributed by atoms with Crippen molar-refractivity contribution in [2.45, 2.75) is 25.5 Å². The Morgan fingerprint density at radius 1 is 1.13 bits per heavy atom. The van der Waals surface area contributed by atoms with Crippen LogP contribution in [-0.2, 0) is 20.9 Å². The molecule has 8 nitrogen and oxygen atoms in total. The molecule has 2 aromatic carbocycles. The second-order valence-corrected chi connectivity index (χ2v) is 6.79. The predicted octanol–water partition coefficient (Wildman–Crippen LogP) is 2.10. The molecule has 1 aliphatic heterocycles. The van der Waals surface area contributed by atoms with Gasteiger partial charge in [0.1, 0.15) is 12.6 Å². The van der Waals surface area contributed by atoms with Gasteiger partial charge in [0, 0.05) is 18.8 Å². The number of nitrogens with zero attached hydrogens (tertiary/aromatic N) is 2. The molecule has 0 aromatic heterocycles. The van der Waals surface area contributed by atoms with Gasteiger partial charge in [-0.25, -0.2) is 4.79 Å². The summed E-state index contributed by atoms with van der Waals surface area (Å²) in [6, 6.07) is 16.9. The van der Waals surface area contributed by atoms with E-state index in [4.69, 9.17) is 10.00 Å². The summed E-state index contributed by atoms with van der Waals surface area (Å²) >= 11 is 0. The molecule has 154 valence electrons. The molecule has 0 bridgehead atoms. The third-order valence-electron chi connectivity index (χ3n) is 4.68. The summed E-state index contributed by atoms with van der Waals surface area (Å²) in [5, 5.41) is 14.1. The van der Waals surface area contributed by atoms with Gasteiger partial charge in [0.25, 0.3) is 0 Å². The van der Waals surface area contributed by atoms with Crippen molar-refractivity contribution in [3.05, 3.63) is 65.7 Å². The van der Waals surface area contributed by atoms with E-state index in [9.17, 15) is 14.4 Å². The lowest BCUT2D eigenvalue weighted by Gasteiger charge is -2.17. The Kier molecular flexibility index (Phi) is 7.00. The summed E-state index contributed by atoms with van der Waals surface area (Å²) in [7, 11) is 0. The first-order chi connectivity index (χ1) is 14.6. The molecule has 3 rings (SSSR count). The number of amides is 3. The van der Waals surface area contributed by atoms with Gasteiger partial charge in [0.2, 0.25) is 5.91 Å². The Balaban J connectivity index is 1.38. The molecule has 2 aromatic rings. The molecule has 1 heterocycles. The van der Waals surface area contributed by atoms with E-state index in [1.165, 1.54) is 0 Å². The van der Waals surface area contributed by atoms with Gasteiger partial charge in [-0.05, 0) is 36.2 Å². The molecule has 0 radical (unpaired) electrons. The normalized spacial score (nSPS) is 15.4. The van der Waals surface area contributed by atoms with Crippen LogP contribution in [0.2, 0.25) is 0 Å². The van der Waals surface area contributed by atoms with Crippen LogP contribution in [0.5, 0.6) is 0 Å². The Morgan fingerprint density at radius 3 is 2.57 bits per heavy atom. The van der Waals surface area contributed by atoms with E-state index in [1.807, 2.05) is 36.4 Å². The average molecular weight is 406 g/mol. The third kappa shape index (κ3) is 5.58. The maximum absolute atomic E-state index is 12.5. The van der Waals surface area contributed by atoms with Gasteiger partial charge in [-0.15, -0.1) is 0 Å². The molecular formula is C22H22N4O4. The number of urea groups is 1. The minimum Gasteiger partial charge on any atom is -0.461 e. The van der Waals surface area contributed by atoms with Gasteiger partial charge in [-0.1, -0.05) is 30.3 Å². The molecule has 1 unspecified atom stereocenters. The summed E-state index contributed by atoms with van der Waals surface area (Å²) < 4.78 is 5.15. The number of carbonyl (C=O) groups excluding carboxylic acids is 3. The number of nitriles is 1. The van der Waals surface area contributed by atoms with Gasteiger partial charge >= 0.3 is 12.0 Å². The molecule has 1 fully saturated rings. The van der Waals surface area contributed by atoms with Crippen molar-refractivity contribution >= 4 is 23.6 Å². The van der Waals surface area contributed by atoms with Gasteiger partial charge in [-0.2, -0.15) is 5.26 Å². The Bertz CT molecular complexity index is 938. The SMILES string of the molecule is N#Cc1ccc(N2CCC(NC(=O)NCCC(=O)OCc3ccccc3)C2=O)cc1. The molecule has 1 atom stereocenters. The maximum atomic E-state index is 12.5. The van der Waals surface area contributed by atoms with Crippen LogP contribution in [0.3, 0.4) is 0 Å². The summed E-state index contributed by atoms with van der Waals surface area (Å²) in [6.45, 7) is 0.773. The lowest BCUT2D eigenvalue weighted by molar-refractivity contribution is -0.144. The van der Waals surface area contributed by atoms with Gasteiger partial charge in [-0.3, -0.25) is 9.59 Å². The van der Waals surface area contributed by atoms with E-state index in [1.54, 1.807) is 29.2 Å². The second-order valence-electron chi connectivity index (χ2n) is 6.79. The summed E-state index contributed by atoms with van der Waals surface area (Å²) in [5.41, 5.74) is 2.09. The van der Waals surface area contributed by atoms with Crippen molar-refractivity contribution in [3.63, 3.8) is 0 Å². The summed E-state index contributed by atoms with van der Waals surface area (Å²) in [5.74, 6) is -0.625.